The number of anilines is 3. The van der Waals surface area contributed by atoms with Crippen LogP contribution in [0.4, 0.5) is 17.1 Å². The summed E-state index contributed by atoms with van der Waals surface area (Å²) in [4.78, 5) is 5.58. The summed E-state index contributed by atoms with van der Waals surface area (Å²) >= 11 is 2.04. The van der Waals surface area contributed by atoms with Gasteiger partial charge < -0.3 is 4.90 Å². The van der Waals surface area contributed by atoms with Crippen LogP contribution in [0, 0.1) is 29.1 Å². The van der Waals surface area contributed by atoms with Crippen LogP contribution in [0.25, 0.3) is 11.1 Å². The fraction of sp³-hybridized carbons (Fsp3) is 0.375. The van der Waals surface area contributed by atoms with E-state index >= 15 is 0 Å². The zero-order valence-electron chi connectivity index (χ0n) is 29.9. The zero-order chi connectivity index (χ0) is 33.6. The lowest BCUT2D eigenvalue weighted by molar-refractivity contribution is -0.235. The Morgan fingerprint density at radius 3 is 2.06 bits per heavy atom. The van der Waals surface area contributed by atoms with E-state index in [0.717, 1.165) is 23.7 Å². The molecule has 2 bridgehead atoms. The molecule has 4 saturated carbocycles. The molecule has 0 aromatic heterocycles. The summed E-state index contributed by atoms with van der Waals surface area (Å²) in [5.74, 6) is 3.41. The Labute approximate surface area is 302 Å². The smallest absolute Gasteiger partial charge is 0.0610 e. The Morgan fingerprint density at radius 1 is 0.580 bits per heavy atom. The first-order valence-corrected chi connectivity index (χ1v) is 20.0. The molecular formula is C48H47NS. The molecule has 6 atom stereocenters. The second kappa shape index (κ2) is 9.97. The van der Waals surface area contributed by atoms with Crippen molar-refractivity contribution in [3.05, 3.63) is 138 Å². The highest BCUT2D eigenvalue weighted by Crippen LogP contribution is 2.89. The van der Waals surface area contributed by atoms with Crippen molar-refractivity contribution in [2.24, 2.45) is 29.1 Å². The predicted octanol–water partition coefficient (Wildman–Crippen LogP) is 13.0. The summed E-state index contributed by atoms with van der Waals surface area (Å²) in [5.41, 5.74) is 13.8. The number of rotatable bonds is 4. The van der Waals surface area contributed by atoms with Crippen molar-refractivity contribution >= 4 is 28.8 Å². The van der Waals surface area contributed by atoms with Gasteiger partial charge >= 0.3 is 0 Å². The van der Waals surface area contributed by atoms with Gasteiger partial charge in [-0.05, 0) is 154 Å². The molecule has 5 aromatic rings. The predicted molar refractivity (Wildman–Crippen MR) is 208 cm³/mol. The third-order valence-electron chi connectivity index (χ3n) is 15.0. The quantitative estimate of drug-likeness (QED) is 0.187. The second-order valence-corrected chi connectivity index (χ2v) is 19.1. The monoisotopic (exact) mass is 669 g/mol. The molecule has 1 aliphatic heterocycles. The van der Waals surface area contributed by atoms with Crippen LogP contribution < -0.4 is 4.90 Å². The molecule has 1 nitrogen and oxygen atoms in total. The third kappa shape index (κ3) is 3.67. The lowest BCUT2D eigenvalue weighted by Crippen LogP contribution is -2.74. The standard InChI is InChI=1S/C48H47NS/c1-45(2)21-22-46(3,4)38-28-35(19-20-36(38)45)49(34-15-9-6-10-16-34)40-26-32(31-13-7-5-8-14-31)25-39-44(40)50-41-18-12-11-17-37(41)48(39)42-24-30-23-33-27-43(48)47(33,42)29-30/h5-20,25-26,28,30,33,42-43H,21-24,27,29H2,1-4H3. The van der Waals surface area contributed by atoms with E-state index in [0.29, 0.717) is 5.41 Å². The maximum absolute atomic E-state index is 2.66. The highest BCUT2D eigenvalue weighted by atomic mass is 32.2. The van der Waals surface area contributed by atoms with Gasteiger partial charge in [0.2, 0.25) is 0 Å². The lowest BCUT2D eigenvalue weighted by atomic mass is 9.26. The van der Waals surface area contributed by atoms with Gasteiger partial charge in [0.1, 0.15) is 0 Å². The minimum Gasteiger partial charge on any atom is -0.309 e. The molecule has 0 N–H and O–H groups in total. The summed E-state index contributed by atoms with van der Waals surface area (Å²) in [7, 11) is 0. The molecule has 11 rings (SSSR count). The average Bonchev–Trinajstić information content (AvgIpc) is 3.66. The van der Waals surface area contributed by atoms with Crippen molar-refractivity contribution < 1.29 is 0 Å². The highest BCUT2D eigenvalue weighted by Gasteiger charge is 2.84. The first kappa shape index (κ1) is 29.9. The Hall–Kier alpha value is -3.75. The van der Waals surface area contributed by atoms with Crippen molar-refractivity contribution in [1.82, 2.24) is 0 Å². The van der Waals surface area contributed by atoms with Crippen molar-refractivity contribution in [2.75, 3.05) is 4.90 Å². The van der Waals surface area contributed by atoms with Gasteiger partial charge in [-0.1, -0.05) is 112 Å². The lowest BCUT2D eigenvalue weighted by Gasteiger charge is -2.78. The number of para-hydroxylation sites is 1. The minimum absolute atomic E-state index is 0.104. The molecule has 0 saturated heterocycles. The van der Waals surface area contributed by atoms with Crippen molar-refractivity contribution in [1.29, 1.82) is 0 Å². The molecule has 0 amide bonds. The van der Waals surface area contributed by atoms with E-state index in [1.165, 1.54) is 87.6 Å². The van der Waals surface area contributed by atoms with E-state index in [4.69, 9.17) is 0 Å². The van der Waals surface area contributed by atoms with Gasteiger partial charge in [-0.2, -0.15) is 0 Å². The van der Waals surface area contributed by atoms with Crippen LogP contribution in [0.5, 0.6) is 0 Å². The Bertz CT molecular complexity index is 2200. The van der Waals surface area contributed by atoms with Crippen LogP contribution in [0.15, 0.2) is 125 Å². The van der Waals surface area contributed by atoms with Gasteiger partial charge in [0.15, 0.2) is 0 Å². The van der Waals surface area contributed by atoms with Crippen molar-refractivity contribution in [2.45, 2.75) is 92.3 Å². The molecule has 6 aliphatic rings. The fourth-order valence-corrected chi connectivity index (χ4v) is 14.1. The van der Waals surface area contributed by atoms with Gasteiger partial charge in [0.25, 0.3) is 0 Å². The van der Waals surface area contributed by atoms with Crippen molar-refractivity contribution in [3.63, 3.8) is 0 Å². The summed E-state index contributed by atoms with van der Waals surface area (Å²) in [5, 5.41) is 0. The molecule has 4 fully saturated rings. The van der Waals surface area contributed by atoms with Crippen LogP contribution in [0.2, 0.25) is 0 Å². The van der Waals surface area contributed by atoms with Gasteiger partial charge in [0, 0.05) is 26.6 Å². The highest BCUT2D eigenvalue weighted by molar-refractivity contribution is 7.99. The number of nitrogens with zero attached hydrogens (tertiary/aromatic N) is 1. The number of fused-ring (bicyclic) bond motifs is 8. The summed E-state index contributed by atoms with van der Waals surface area (Å²) in [6.45, 7) is 9.80. The van der Waals surface area contributed by atoms with Gasteiger partial charge in [0.05, 0.1) is 5.69 Å². The topological polar surface area (TPSA) is 3.24 Å². The van der Waals surface area contributed by atoms with E-state index in [1.807, 2.05) is 11.8 Å². The summed E-state index contributed by atoms with van der Waals surface area (Å²) < 4.78 is 0. The molecule has 0 radical (unpaired) electrons. The molecule has 2 heteroatoms. The van der Waals surface area contributed by atoms with Crippen LogP contribution in [0.1, 0.15) is 88.5 Å². The molecule has 1 heterocycles. The van der Waals surface area contributed by atoms with E-state index < -0.39 is 0 Å². The van der Waals surface area contributed by atoms with Crippen LogP contribution >= 0.6 is 11.8 Å². The molecule has 2 spiro atoms. The number of benzene rings is 5. The number of hydrogen-bond donors (Lipinski definition) is 0. The SMILES string of the molecule is CC1(C)CCC(C)(C)c2cc(N(c3ccccc3)c3cc(-c4ccccc4)cc4c3Sc3ccccc3C43C4CC5CC6CC3C64C5)ccc21. The Kier molecular flexibility index (Phi) is 5.97. The molecule has 5 aromatic carbocycles. The van der Waals surface area contributed by atoms with Gasteiger partial charge in [-0.25, -0.2) is 0 Å². The van der Waals surface area contributed by atoms with E-state index in [2.05, 4.69) is 148 Å². The Balaban J connectivity index is 1.20. The molecule has 250 valence electrons. The number of hydrogen-bond acceptors (Lipinski definition) is 2. The van der Waals surface area contributed by atoms with E-state index in [-0.39, 0.29) is 16.2 Å². The normalized spacial score (nSPS) is 31.1. The maximum Gasteiger partial charge on any atom is 0.0610 e. The third-order valence-corrected chi connectivity index (χ3v) is 16.2. The summed E-state index contributed by atoms with van der Waals surface area (Å²) in [6.07, 6.45) is 8.24. The Morgan fingerprint density at radius 2 is 1.28 bits per heavy atom. The largest absolute Gasteiger partial charge is 0.309 e. The molecule has 6 unspecified atom stereocenters. The molecule has 50 heavy (non-hydrogen) atoms. The second-order valence-electron chi connectivity index (χ2n) is 18.1. The van der Waals surface area contributed by atoms with Crippen LogP contribution in [0.3, 0.4) is 0 Å². The average molecular weight is 670 g/mol. The van der Waals surface area contributed by atoms with E-state index in [1.54, 1.807) is 11.1 Å². The first-order chi connectivity index (χ1) is 24.2. The first-order valence-electron chi connectivity index (χ1n) is 19.2. The van der Waals surface area contributed by atoms with Gasteiger partial charge in [-0.15, -0.1) is 0 Å². The molecular weight excluding hydrogens is 623 g/mol. The van der Waals surface area contributed by atoms with Gasteiger partial charge in [-0.3, -0.25) is 0 Å². The fourth-order valence-electron chi connectivity index (χ4n) is 12.8. The molecule has 5 aliphatic carbocycles. The van der Waals surface area contributed by atoms with E-state index in [9.17, 15) is 0 Å². The summed E-state index contributed by atoms with van der Waals surface area (Å²) in [6, 6.07) is 44.6. The van der Waals surface area contributed by atoms with Crippen LogP contribution in [-0.2, 0) is 16.2 Å². The minimum atomic E-state index is 0.104. The maximum atomic E-state index is 2.66. The van der Waals surface area contributed by atoms with Crippen molar-refractivity contribution in [3.8, 4) is 11.1 Å². The zero-order valence-corrected chi connectivity index (χ0v) is 30.7. The van der Waals surface area contributed by atoms with Crippen LogP contribution in [-0.4, -0.2) is 0 Å².